The van der Waals surface area contributed by atoms with Crippen molar-refractivity contribution in [3.63, 3.8) is 0 Å². The minimum Gasteiger partial charge on any atom is -0.494 e. The van der Waals surface area contributed by atoms with Crippen LogP contribution in [0.15, 0.2) is 28.8 Å². The van der Waals surface area contributed by atoms with E-state index < -0.39 is 5.97 Å². The Morgan fingerprint density at radius 3 is 2.56 bits per heavy atom. The van der Waals surface area contributed by atoms with Crippen molar-refractivity contribution in [3.05, 3.63) is 46.8 Å². The third-order valence-electron chi connectivity index (χ3n) is 4.29. The molecule has 1 heterocycles. The number of ether oxygens (including phenoxy) is 1. The molecule has 2 rings (SSSR count). The van der Waals surface area contributed by atoms with Crippen molar-refractivity contribution in [2.24, 2.45) is 0 Å². The molecule has 0 aliphatic rings. The molecule has 1 unspecified atom stereocenters. The average molecular weight is 374 g/mol. The summed E-state index contributed by atoms with van der Waals surface area (Å²) in [7, 11) is 0. The standard InChI is InChI=1S/C20H26N2O5/c1-13(20-14(2)22-27-15(20)3)11-18(23)21-12-16-6-8-17(9-7-16)26-10-4-5-19(24)25/h6-9,13H,4-5,10-12H2,1-3H3,(H,21,23)(H,24,25). The maximum atomic E-state index is 12.2. The van der Waals surface area contributed by atoms with Gasteiger partial charge in [-0.1, -0.05) is 24.2 Å². The van der Waals surface area contributed by atoms with Crippen molar-refractivity contribution < 1.29 is 24.0 Å². The maximum Gasteiger partial charge on any atom is 0.303 e. The number of aryl methyl sites for hydroxylation is 2. The Labute approximate surface area is 158 Å². The molecule has 1 aromatic heterocycles. The van der Waals surface area contributed by atoms with Crippen LogP contribution in [0.5, 0.6) is 5.75 Å². The minimum atomic E-state index is -0.826. The largest absolute Gasteiger partial charge is 0.494 e. The smallest absolute Gasteiger partial charge is 0.303 e. The SMILES string of the molecule is Cc1noc(C)c1C(C)CC(=O)NCc1ccc(OCCCC(=O)O)cc1. The second-order valence-corrected chi connectivity index (χ2v) is 6.61. The van der Waals surface area contributed by atoms with E-state index in [1.165, 1.54) is 0 Å². The van der Waals surface area contributed by atoms with Crippen LogP contribution in [-0.2, 0) is 16.1 Å². The van der Waals surface area contributed by atoms with E-state index in [9.17, 15) is 9.59 Å². The summed E-state index contributed by atoms with van der Waals surface area (Å²) < 4.78 is 10.7. The lowest BCUT2D eigenvalue weighted by molar-refractivity contribution is -0.137. The lowest BCUT2D eigenvalue weighted by Crippen LogP contribution is -2.24. The van der Waals surface area contributed by atoms with E-state index >= 15 is 0 Å². The molecule has 0 fully saturated rings. The van der Waals surface area contributed by atoms with Gasteiger partial charge in [-0.2, -0.15) is 0 Å². The number of aliphatic carboxylic acids is 1. The summed E-state index contributed by atoms with van der Waals surface area (Å²) in [5.41, 5.74) is 2.78. The minimum absolute atomic E-state index is 0.0310. The summed E-state index contributed by atoms with van der Waals surface area (Å²) in [4.78, 5) is 22.7. The molecule has 7 nitrogen and oxygen atoms in total. The van der Waals surface area contributed by atoms with Gasteiger partial charge in [0.15, 0.2) is 0 Å². The summed E-state index contributed by atoms with van der Waals surface area (Å²) >= 11 is 0. The molecule has 2 N–H and O–H groups in total. The first kappa shape index (κ1) is 20.5. The van der Waals surface area contributed by atoms with Crippen LogP contribution in [0.25, 0.3) is 0 Å². The quantitative estimate of drug-likeness (QED) is 0.619. The van der Waals surface area contributed by atoms with Gasteiger partial charge in [0.05, 0.1) is 12.3 Å². The first-order valence-corrected chi connectivity index (χ1v) is 8.99. The highest BCUT2D eigenvalue weighted by Crippen LogP contribution is 2.25. The second-order valence-electron chi connectivity index (χ2n) is 6.61. The summed E-state index contributed by atoms with van der Waals surface area (Å²) in [6.07, 6.45) is 0.931. The van der Waals surface area contributed by atoms with Crippen molar-refractivity contribution >= 4 is 11.9 Å². The molecule has 0 radical (unpaired) electrons. The molecule has 0 aliphatic carbocycles. The topological polar surface area (TPSA) is 102 Å². The first-order chi connectivity index (χ1) is 12.9. The van der Waals surface area contributed by atoms with Crippen molar-refractivity contribution in [2.45, 2.75) is 52.5 Å². The van der Waals surface area contributed by atoms with Crippen molar-refractivity contribution in [1.82, 2.24) is 10.5 Å². The molecule has 146 valence electrons. The van der Waals surface area contributed by atoms with Gasteiger partial charge in [0, 0.05) is 24.9 Å². The van der Waals surface area contributed by atoms with Gasteiger partial charge < -0.3 is 19.7 Å². The van der Waals surface area contributed by atoms with Crippen LogP contribution in [0.1, 0.15) is 54.7 Å². The highest BCUT2D eigenvalue weighted by atomic mass is 16.5. The molecule has 2 aromatic rings. The molecular weight excluding hydrogens is 348 g/mol. The average Bonchev–Trinajstić information content (AvgIpc) is 2.96. The fraction of sp³-hybridized carbons (Fsp3) is 0.450. The highest BCUT2D eigenvalue weighted by molar-refractivity contribution is 5.76. The first-order valence-electron chi connectivity index (χ1n) is 8.99. The van der Waals surface area contributed by atoms with Gasteiger partial charge in [0.25, 0.3) is 0 Å². The predicted molar refractivity (Wildman–Crippen MR) is 99.7 cm³/mol. The van der Waals surface area contributed by atoms with E-state index in [2.05, 4.69) is 10.5 Å². The number of carboxylic acid groups (broad SMARTS) is 1. The van der Waals surface area contributed by atoms with Crippen LogP contribution in [0, 0.1) is 13.8 Å². The van der Waals surface area contributed by atoms with E-state index in [4.69, 9.17) is 14.4 Å². The number of hydrogen-bond acceptors (Lipinski definition) is 5. The maximum absolute atomic E-state index is 12.2. The molecule has 1 aromatic carbocycles. The lowest BCUT2D eigenvalue weighted by atomic mass is 9.96. The fourth-order valence-electron chi connectivity index (χ4n) is 2.96. The van der Waals surface area contributed by atoms with Gasteiger partial charge in [0.1, 0.15) is 11.5 Å². The Balaban J connectivity index is 1.75. The monoisotopic (exact) mass is 374 g/mol. The van der Waals surface area contributed by atoms with E-state index in [1.54, 1.807) is 0 Å². The molecule has 7 heteroatoms. The van der Waals surface area contributed by atoms with E-state index in [0.717, 1.165) is 22.6 Å². The zero-order chi connectivity index (χ0) is 19.8. The van der Waals surface area contributed by atoms with Crippen LogP contribution in [-0.4, -0.2) is 28.7 Å². The number of carboxylic acids is 1. The van der Waals surface area contributed by atoms with E-state index in [0.29, 0.717) is 31.7 Å². The van der Waals surface area contributed by atoms with Crippen molar-refractivity contribution in [2.75, 3.05) is 6.61 Å². The van der Waals surface area contributed by atoms with Crippen LogP contribution in [0.4, 0.5) is 0 Å². The molecule has 1 atom stereocenters. The summed E-state index contributed by atoms with van der Waals surface area (Å²) in [5, 5.41) is 15.4. The lowest BCUT2D eigenvalue weighted by Gasteiger charge is -2.12. The third-order valence-corrected chi connectivity index (χ3v) is 4.29. The van der Waals surface area contributed by atoms with Crippen molar-refractivity contribution in [1.29, 1.82) is 0 Å². The van der Waals surface area contributed by atoms with Gasteiger partial charge in [-0.3, -0.25) is 9.59 Å². The molecule has 27 heavy (non-hydrogen) atoms. The third kappa shape index (κ3) is 6.44. The van der Waals surface area contributed by atoms with E-state index in [-0.39, 0.29) is 18.2 Å². The Hall–Kier alpha value is -2.83. The number of nitrogens with zero attached hydrogens (tertiary/aromatic N) is 1. The predicted octanol–water partition coefficient (Wildman–Crippen LogP) is 3.35. The number of benzene rings is 1. The van der Waals surface area contributed by atoms with E-state index in [1.807, 2.05) is 45.0 Å². The van der Waals surface area contributed by atoms with Gasteiger partial charge in [-0.25, -0.2) is 0 Å². The number of rotatable bonds is 10. The number of carbonyl (C=O) groups excluding carboxylic acids is 1. The zero-order valence-electron chi connectivity index (χ0n) is 15.9. The normalized spacial score (nSPS) is 11.8. The molecule has 0 saturated heterocycles. The summed E-state index contributed by atoms with van der Waals surface area (Å²) in [6.45, 7) is 6.53. The van der Waals surface area contributed by atoms with Crippen molar-refractivity contribution in [3.8, 4) is 5.75 Å². The molecule has 0 bridgehead atoms. The Morgan fingerprint density at radius 1 is 1.26 bits per heavy atom. The van der Waals surface area contributed by atoms with Crippen LogP contribution < -0.4 is 10.1 Å². The zero-order valence-corrected chi connectivity index (χ0v) is 15.9. The fourth-order valence-corrected chi connectivity index (χ4v) is 2.96. The number of carbonyl (C=O) groups is 2. The van der Waals surface area contributed by atoms with Crippen LogP contribution >= 0.6 is 0 Å². The number of amides is 1. The number of hydrogen-bond donors (Lipinski definition) is 2. The Morgan fingerprint density at radius 2 is 1.96 bits per heavy atom. The highest BCUT2D eigenvalue weighted by Gasteiger charge is 2.19. The molecular formula is C20H26N2O5. The Kier molecular flexibility index (Phi) is 7.40. The van der Waals surface area contributed by atoms with Gasteiger partial charge in [-0.05, 0) is 43.9 Å². The summed E-state index contributed by atoms with van der Waals surface area (Å²) in [5.74, 6) is 0.622. The van der Waals surface area contributed by atoms with Crippen LogP contribution in [0.3, 0.4) is 0 Å². The number of nitrogens with one attached hydrogen (secondary N) is 1. The Bertz CT molecular complexity index is 748. The molecule has 0 saturated carbocycles. The number of aromatic nitrogens is 1. The van der Waals surface area contributed by atoms with Crippen LogP contribution in [0.2, 0.25) is 0 Å². The van der Waals surface area contributed by atoms with Gasteiger partial charge in [-0.15, -0.1) is 0 Å². The molecule has 0 aliphatic heterocycles. The molecule has 1 amide bonds. The van der Waals surface area contributed by atoms with Gasteiger partial charge >= 0.3 is 5.97 Å². The second kappa shape index (κ2) is 9.75. The van der Waals surface area contributed by atoms with Gasteiger partial charge in [0.2, 0.25) is 5.91 Å². The molecule has 0 spiro atoms. The summed E-state index contributed by atoms with van der Waals surface area (Å²) in [6, 6.07) is 7.39.